The summed E-state index contributed by atoms with van der Waals surface area (Å²) in [4.78, 5) is 2.42. The molecule has 2 rings (SSSR count). The van der Waals surface area contributed by atoms with Crippen LogP contribution >= 0.6 is 15.9 Å². The maximum absolute atomic E-state index is 3.61. The highest BCUT2D eigenvalue weighted by Crippen LogP contribution is 2.18. The Morgan fingerprint density at radius 3 is 2.89 bits per heavy atom. The molecule has 0 aliphatic carbocycles. The average molecular weight is 311 g/mol. The van der Waals surface area contributed by atoms with Crippen LogP contribution in [0.15, 0.2) is 22.7 Å². The van der Waals surface area contributed by atoms with Crippen LogP contribution in [0, 0.1) is 6.92 Å². The van der Waals surface area contributed by atoms with Crippen molar-refractivity contribution in [2.75, 3.05) is 20.1 Å². The second-order valence-corrected chi connectivity index (χ2v) is 6.28. The summed E-state index contributed by atoms with van der Waals surface area (Å²) in [7, 11) is 2.21. The Morgan fingerprint density at radius 1 is 1.39 bits per heavy atom. The molecule has 1 saturated heterocycles. The van der Waals surface area contributed by atoms with Crippen molar-refractivity contribution in [1.29, 1.82) is 0 Å². The number of aryl methyl sites for hydroxylation is 1. The van der Waals surface area contributed by atoms with E-state index < -0.39 is 0 Å². The van der Waals surface area contributed by atoms with E-state index in [4.69, 9.17) is 0 Å². The summed E-state index contributed by atoms with van der Waals surface area (Å²) in [5, 5.41) is 3.61. The van der Waals surface area contributed by atoms with Crippen LogP contribution in [0.25, 0.3) is 0 Å². The molecule has 2 nitrogen and oxygen atoms in total. The van der Waals surface area contributed by atoms with Gasteiger partial charge in [0.1, 0.15) is 0 Å². The normalized spacial score (nSPS) is 20.3. The summed E-state index contributed by atoms with van der Waals surface area (Å²) in [6.07, 6.45) is 4.04. The number of rotatable bonds is 4. The molecule has 1 aliphatic rings. The molecule has 1 fully saturated rings. The highest BCUT2D eigenvalue weighted by Gasteiger charge is 2.14. The van der Waals surface area contributed by atoms with Gasteiger partial charge in [-0.1, -0.05) is 34.5 Å². The largest absolute Gasteiger partial charge is 0.313 e. The Labute approximate surface area is 119 Å². The molecule has 1 atom stereocenters. The van der Waals surface area contributed by atoms with Crippen molar-refractivity contribution in [3.05, 3.63) is 33.8 Å². The smallest absolute Gasteiger partial charge is 0.0231 e. The van der Waals surface area contributed by atoms with Crippen molar-refractivity contribution >= 4 is 15.9 Å². The molecular formula is C15H23BrN2. The van der Waals surface area contributed by atoms with Gasteiger partial charge < -0.3 is 10.2 Å². The standard InChI is InChI=1S/C15H23BrN2/c1-12-6-7-13(9-15(12)16)10-18(2)11-14-5-3-4-8-17-14/h6-7,9,14,17H,3-5,8,10-11H2,1-2H3. The zero-order valence-corrected chi connectivity index (χ0v) is 13.0. The predicted molar refractivity (Wildman–Crippen MR) is 80.9 cm³/mol. The molecule has 0 spiro atoms. The van der Waals surface area contributed by atoms with Crippen LogP contribution in [0.3, 0.4) is 0 Å². The van der Waals surface area contributed by atoms with Gasteiger partial charge in [0.05, 0.1) is 0 Å². The highest BCUT2D eigenvalue weighted by molar-refractivity contribution is 9.10. The van der Waals surface area contributed by atoms with Crippen LogP contribution in [0.1, 0.15) is 30.4 Å². The summed E-state index contributed by atoms with van der Waals surface area (Å²) in [5.74, 6) is 0. The third kappa shape index (κ3) is 4.08. The van der Waals surface area contributed by atoms with Crippen LogP contribution < -0.4 is 5.32 Å². The number of hydrogen-bond acceptors (Lipinski definition) is 2. The molecule has 0 bridgehead atoms. The third-order valence-electron chi connectivity index (χ3n) is 3.63. The van der Waals surface area contributed by atoms with Gasteiger partial charge in [-0.25, -0.2) is 0 Å². The van der Waals surface area contributed by atoms with Crippen molar-refractivity contribution in [2.24, 2.45) is 0 Å². The minimum Gasteiger partial charge on any atom is -0.313 e. The van der Waals surface area contributed by atoms with E-state index in [-0.39, 0.29) is 0 Å². The zero-order valence-electron chi connectivity index (χ0n) is 11.4. The second-order valence-electron chi connectivity index (χ2n) is 5.43. The van der Waals surface area contributed by atoms with Crippen molar-refractivity contribution in [2.45, 2.75) is 38.8 Å². The number of likely N-dealkylation sites (N-methyl/N-ethyl adjacent to an activating group) is 1. The first-order valence-corrected chi connectivity index (χ1v) is 7.61. The quantitative estimate of drug-likeness (QED) is 0.917. The average Bonchev–Trinajstić information content (AvgIpc) is 2.35. The minimum absolute atomic E-state index is 0.678. The van der Waals surface area contributed by atoms with Crippen molar-refractivity contribution in [3.63, 3.8) is 0 Å². The van der Waals surface area contributed by atoms with Crippen molar-refractivity contribution in [1.82, 2.24) is 10.2 Å². The second kappa shape index (κ2) is 6.69. The Balaban J connectivity index is 1.85. The van der Waals surface area contributed by atoms with Crippen molar-refractivity contribution < 1.29 is 0 Å². The van der Waals surface area contributed by atoms with E-state index in [0.29, 0.717) is 6.04 Å². The van der Waals surface area contributed by atoms with E-state index in [1.165, 1.54) is 41.4 Å². The summed E-state index contributed by atoms with van der Waals surface area (Å²) in [6.45, 7) is 5.49. The van der Waals surface area contributed by atoms with E-state index >= 15 is 0 Å². The molecule has 1 aromatic carbocycles. The van der Waals surface area contributed by atoms with Crippen LogP contribution in [-0.4, -0.2) is 31.1 Å². The van der Waals surface area contributed by atoms with E-state index in [2.05, 4.69) is 58.3 Å². The first-order valence-electron chi connectivity index (χ1n) is 6.82. The monoisotopic (exact) mass is 310 g/mol. The lowest BCUT2D eigenvalue weighted by Crippen LogP contribution is -2.42. The van der Waals surface area contributed by atoms with E-state index in [1.807, 2.05) is 0 Å². The molecule has 1 unspecified atom stereocenters. The maximum atomic E-state index is 3.61. The van der Waals surface area contributed by atoms with Gasteiger partial charge in [-0.05, 0) is 50.6 Å². The summed E-state index contributed by atoms with van der Waals surface area (Å²) < 4.78 is 1.21. The first kappa shape index (κ1) is 14.0. The first-order chi connectivity index (χ1) is 8.65. The molecule has 1 aliphatic heterocycles. The Bertz CT molecular complexity index is 386. The maximum Gasteiger partial charge on any atom is 0.0231 e. The lowest BCUT2D eigenvalue weighted by atomic mass is 10.0. The van der Waals surface area contributed by atoms with Gasteiger partial charge in [0, 0.05) is 23.6 Å². The van der Waals surface area contributed by atoms with Gasteiger partial charge >= 0.3 is 0 Å². The molecule has 0 radical (unpaired) electrons. The van der Waals surface area contributed by atoms with Gasteiger partial charge in [0.25, 0.3) is 0 Å². The van der Waals surface area contributed by atoms with Gasteiger partial charge in [-0.15, -0.1) is 0 Å². The number of piperidine rings is 1. The lowest BCUT2D eigenvalue weighted by molar-refractivity contribution is 0.256. The fourth-order valence-corrected chi connectivity index (χ4v) is 2.99. The van der Waals surface area contributed by atoms with Crippen LogP contribution in [0.2, 0.25) is 0 Å². The molecule has 100 valence electrons. The zero-order chi connectivity index (χ0) is 13.0. The fraction of sp³-hybridized carbons (Fsp3) is 0.600. The summed E-state index contributed by atoms with van der Waals surface area (Å²) in [5.41, 5.74) is 2.68. The van der Waals surface area contributed by atoms with Gasteiger partial charge in [0.2, 0.25) is 0 Å². The van der Waals surface area contributed by atoms with Crippen LogP contribution in [-0.2, 0) is 6.54 Å². The van der Waals surface area contributed by atoms with E-state index in [9.17, 15) is 0 Å². The molecule has 0 saturated carbocycles. The number of halogens is 1. The van der Waals surface area contributed by atoms with Crippen LogP contribution in [0.5, 0.6) is 0 Å². The Kier molecular flexibility index (Phi) is 5.22. The minimum atomic E-state index is 0.678. The van der Waals surface area contributed by atoms with Gasteiger partial charge in [-0.2, -0.15) is 0 Å². The molecular weight excluding hydrogens is 288 g/mol. The summed E-state index contributed by atoms with van der Waals surface area (Å²) in [6, 6.07) is 7.33. The number of nitrogens with one attached hydrogen (secondary N) is 1. The predicted octanol–water partition coefficient (Wildman–Crippen LogP) is 3.33. The summed E-state index contributed by atoms with van der Waals surface area (Å²) >= 11 is 3.60. The molecule has 18 heavy (non-hydrogen) atoms. The fourth-order valence-electron chi connectivity index (χ4n) is 2.57. The number of hydrogen-bond donors (Lipinski definition) is 1. The van der Waals surface area contributed by atoms with E-state index in [1.54, 1.807) is 0 Å². The topological polar surface area (TPSA) is 15.3 Å². The van der Waals surface area contributed by atoms with Crippen LogP contribution in [0.4, 0.5) is 0 Å². The molecule has 1 heterocycles. The molecule has 0 aromatic heterocycles. The molecule has 3 heteroatoms. The number of benzene rings is 1. The SMILES string of the molecule is Cc1ccc(CN(C)CC2CCCCN2)cc1Br. The van der Waals surface area contributed by atoms with Gasteiger partial charge in [0.15, 0.2) is 0 Å². The molecule has 1 aromatic rings. The van der Waals surface area contributed by atoms with Crippen molar-refractivity contribution in [3.8, 4) is 0 Å². The molecule has 1 N–H and O–H groups in total. The highest BCUT2D eigenvalue weighted by atomic mass is 79.9. The van der Waals surface area contributed by atoms with Gasteiger partial charge in [-0.3, -0.25) is 0 Å². The Morgan fingerprint density at radius 2 is 2.22 bits per heavy atom. The number of nitrogens with zero attached hydrogens (tertiary/aromatic N) is 1. The third-order valence-corrected chi connectivity index (χ3v) is 4.49. The molecule has 0 amide bonds. The Hall–Kier alpha value is -0.380. The lowest BCUT2D eigenvalue weighted by Gasteiger charge is -2.28. The van der Waals surface area contributed by atoms with E-state index in [0.717, 1.165) is 13.1 Å².